The number of carbonyl (C=O) groups is 1. The third-order valence-corrected chi connectivity index (χ3v) is 7.50. The highest BCUT2D eigenvalue weighted by molar-refractivity contribution is 6.04. The molecule has 1 fully saturated rings. The van der Waals surface area contributed by atoms with E-state index in [1.807, 2.05) is 71.4 Å². The molecule has 0 unspecified atom stereocenters. The number of nitrogens with one attached hydrogen (secondary N) is 1. The van der Waals surface area contributed by atoms with Crippen LogP contribution in [-0.4, -0.2) is 71.9 Å². The molecule has 2 aliphatic rings. The Morgan fingerprint density at radius 2 is 1.65 bits per heavy atom. The van der Waals surface area contributed by atoms with E-state index in [4.69, 9.17) is 20.3 Å². The molecule has 3 heterocycles. The van der Waals surface area contributed by atoms with E-state index < -0.39 is 5.91 Å². The number of benzene rings is 3. The molecule has 6 rings (SSSR count). The molecule has 0 spiro atoms. The van der Waals surface area contributed by atoms with Crippen LogP contribution in [0.3, 0.4) is 0 Å². The fraction of sp³-hybridized carbons (Fsp3) is 0.290. The first-order chi connectivity index (χ1) is 19.5. The number of aryl methyl sites for hydroxylation is 2. The molecule has 0 atom stereocenters. The Bertz CT molecular complexity index is 1480. The molecular weight excluding hydrogens is 504 g/mol. The summed E-state index contributed by atoms with van der Waals surface area (Å²) in [5, 5.41) is 8.23. The van der Waals surface area contributed by atoms with Crippen molar-refractivity contribution in [2.45, 2.75) is 13.0 Å². The van der Waals surface area contributed by atoms with Gasteiger partial charge < -0.3 is 25.4 Å². The predicted molar refractivity (Wildman–Crippen MR) is 156 cm³/mol. The van der Waals surface area contributed by atoms with Crippen molar-refractivity contribution in [2.75, 3.05) is 51.7 Å². The first-order valence-corrected chi connectivity index (χ1v) is 13.7. The highest BCUT2D eigenvalue weighted by Crippen LogP contribution is 2.36. The average Bonchev–Trinajstić information content (AvgIpc) is 3.23. The largest absolute Gasteiger partial charge is 0.492 e. The van der Waals surface area contributed by atoms with Crippen LogP contribution in [0.1, 0.15) is 15.9 Å². The summed E-state index contributed by atoms with van der Waals surface area (Å²) in [6, 6.07) is 23.2. The number of rotatable bonds is 8. The van der Waals surface area contributed by atoms with E-state index in [1.165, 1.54) is 0 Å². The van der Waals surface area contributed by atoms with E-state index in [9.17, 15) is 4.79 Å². The Kier molecular flexibility index (Phi) is 7.39. The lowest BCUT2D eigenvalue weighted by Gasteiger charge is -2.32. The zero-order valence-corrected chi connectivity index (χ0v) is 22.7. The Balaban J connectivity index is 1.17. The van der Waals surface area contributed by atoms with Crippen LogP contribution in [0.4, 0.5) is 11.5 Å². The van der Waals surface area contributed by atoms with E-state index >= 15 is 0 Å². The maximum atomic E-state index is 12.7. The number of hydrogen-bond acceptors (Lipinski definition) is 7. The average molecular weight is 539 g/mol. The van der Waals surface area contributed by atoms with Gasteiger partial charge in [0.2, 0.25) is 0 Å². The maximum absolute atomic E-state index is 12.7. The van der Waals surface area contributed by atoms with Crippen molar-refractivity contribution in [3.05, 3.63) is 83.9 Å². The summed E-state index contributed by atoms with van der Waals surface area (Å²) in [6.45, 7) is 6.54. The number of piperazine rings is 1. The number of aromatic nitrogens is 2. The molecule has 0 bridgehead atoms. The number of fused-ring (bicyclic) bond motifs is 2. The fourth-order valence-corrected chi connectivity index (χ4v) is 5.20. The van der Waals surface area contributed by atoms with Crippen LogP contribution >= 0.6 is 0 Å². The number of para-hydroxylation sites is 1. The minimum Gasteiger partial charge on any atom is -0.492 e. The molecule has 1 aromatic heterocycles. The zero-order valence-electron chi connectivity index (χ0n) is 22.7. The van der Waals surface area contributed by atoms with Crippen molar-refractivity contribution in [1.82, 2.24) is 19.6 Å². The van der Waals surface area contributed by atoms with Crippen molar-refractivity contribution in [1.29, 1.82) is 0 Å². The van der Waals surface area contributed by atoms with Gasteiger partial charge in [-0.05, 0) is 73.6 Å². The minimum absolute atomic E-state index is 0.372. The van der Waals surface area contributed by atoms with Gasteiger partial charge in [-0.2, -0.15) is 5.10 Å². The van der Waals surface area contributed by atoms with Gasteiger partial charge in [0.25, 0.3) is 5.91 Å². The normalized spacial score (nSPS) is 15.4. The van der Waals surface area contributed by atoms with Gasteiger partial charge in [0.05, 0.1) is 0 Å². The molecule has 2 aliphatic heterocycles. The minimum atomic E-state index is -0.527. The fourth-order valence-electron chi connectivity index (χ4n) is 5.20. The molecule has 206 valence electrons. The SMILES string of the molecule is CN1CCN(CCOc2ccc3c(c2)CCn2nc(-c4ccc(Oc5ccccc5)cc4)c(C(N)=O)c2N3)CC1. The number of hydrogen-bond donors (Lipinski definition) is 2. The smallest absolute Gasteiger partial charge is 0.254 e. The van der Waals surface area contributed by atoms with Crippen molar-refractivity contribution in [2.24, 2.45) is 5.73 Å². The molecule has 9 nitrogen and oxygen atoms in total. The highest BCUT2D eigenvalue weighted by atomic mass is 16.5. The van der Waals surface area contributed by atoms with E-state index in [-0.39, 0.29) is 0 Å². The number of likely N-dealkylation sites (N-methyl/N-ethyl adjacent to an activating group) is 1. The second-order valence-electron chi connectivity index (χ2n) is 10.3. The molecule has 9 heteroatoms. The molecular formula is C31H34N6O3. The number of ether oxygens (including phenoxy) is 2. The molecule has 40 heavy (non-hydrogen) atoms. The Labute approximate surface area is 234 Å². The molecule has 3 N–H and O–H groups in total. The van der Waals surface area contributed by atoms with Crippen LogP contribution < -0.4 is 20.5 Å². The number of primary amides is 1. The molecule has 0 saturated carbocycles. The lowest BCUT2D eigenvalue weighted by molar-refractivity contribution is 0.100. The van der Waals surface area contributed by atoms with Crippen LogP contribution in [0.2, 0.25) is 0 Å². The van der Waals surface area contributed by atoms with Crippen LogP contribution in [0.5, 0.6) is 17.2 Å². The van der Waals surface area contributed by atoms with Crippen molar-refractivity contribution in [3.63, 3.8) is 0 Å². The number of amides is 1. The van der Waals surface area contributed by atoms with Gasteiger partial charge in [0, 0.05) is 50.5 Å². The third kappa shape index (κ3) is 5.66. The second-order valence-corrected chi connectivity index (χ2v) is 10.3. The number of carbonyl (C=O) groups excluding carboxylic acids is 1. The summed E-state index contributed by atoms with van der Waals surface area (Å²) in [5.41, 5.74) is 9.64. The van der Waals surface area contributed by atoms with E-state index in [1.54, 1.807) is 0 Å². The second kappa shape index (κ2) is 11.4. The topological polar surface area (TPSA) is 97.9 Å². The summed E-state index contributed by atoms with van der Waals surface area (Å²) in [7, 11) is 2.16. The van der Waals surface area contributed by atoms with E-state index in [0.717, 1.165) is 67.5 Å². The Morgan fingerprint density at radius 3 is 2.40 bits per heavy atom. The van der Waals surface area contributed by atoms with Gasteiger partial charge in [0.15, 0.2) is 0 Å². The lowest BCUT2D eigenvalue weighted by atomic mass is 10.1. The van der Waals surface area contributed by atoms with Gasteiger partial charge >= 0.3 is 0 Å². The van der Waals surface area contributed by atoms with Crippen LogP contribution in [0.25, 0.3) is 11.3 Å². The van der Waals surface area contributed by atoms with Gasteiger partial charge in [-0.15, -0.1) is 0 Å². The first kappa shape index (κ1) is 25.9. The quantitative estimate of drug-likeness (QED) is 0.344. The number of nitrogens with two attached hydrogens (primary N) is 1. The standard InChI is InChI=1S/C31H34N6O3/c1-35-15-17-36(18-16-35)19-20-39-26-11-12-27-23(21-26)13-14-37-31(33-27)28(30(32)38)29(34-37)22-7-9-25(10-8-22)40-24-5-3-2-4-6-24/h2-12,21,33H,13-20H2,1H3,(H2,32,38). The van der Waals surface area contributed by atoms with Crippen LogP contribution in [-0.2, 0) is 13.0 Å². The molecule has 4 aromatic rings. The summed E-state index contributed by atoms with van der Waals surface area (Å²) in [5.74, 6) is 2.39. The number of nitrogens with zero attached hydrogens (tertiary/aromatic N) is 4. The van der Waals surface area contributed by atoms with Crippen molar-refractivity contribution < 1.29 is 14.3 Å². The van der Waals surface area contributed by atoms with Gasteiger partial charge in [-0.3, -0.25) is 9.69 Å². The monoisotopic (exact) mass is 538 g/mol. The Hall–Kier alpha value is -4.34. The Morgan fingerprint density at radius 1 is 0.925 bits per heavy atom. The summed E-state index contributed by atoms with van der Waals surface area (Å²) in [6.07, 6.45) is 0.744. The number of anilines is 2. The summed E-state index contributed by atoms with van der Waals surface area (Å²) >= 11 is 0. The highest BCUT2D eigenvalue weighted by Gasteiger charge is 2.26. The van der Waals surface area contributed by atoms with E-state index in [0.29, 0.717) is 36.0 Å². The van der Waals surface area contributed by atoms with Gasteiger partial charge in [-0.25, -0.2) is 4.68 Å². The van der Waals surface area contributed by atoms with Crippen LogP contribution in [0, 0.1) is 0 Å². The first-order valence-electron chi connectivity index (χ1n) is 13.7. The lowest BCUT2D eigenvalue weighted by Crippen LogP contribution is -2.45. The zero-order chi connectivity index (χ0) is 27.5. The summed E-state index contributed by atoms with van der Waals surface area (Å²) < 4.78 is 13.8. The van der Waals surface area contributed by atoms with Gasteiger partial charge in [-0.1, -0.05) is 18.2 Å². The summed E-state index contributed by atoms with van der Waals surface area (Å²) in [4.78, 5) is 17.5. The molecule has 1 saturated heterocycles. The molecule has 3 aromatic carbocycles. The van der Waals surface area contributed by atoms with Gasteiger partial charge in [0.1, 0.15) is 40.9 Å². The maximum Gasteiger partial charge on any atom is 0.254 e. The third-order valence-electron chi connectivity index (χ3n) is 7.50. The molecule has 1 amide bonds. The molecule has 0 aliphatic carbocycles. The van der Waals surface area contributed by atoms with Crippen molar-refractivity contribution >= 4 is 17.4 Å². The predicted octanol–water partition coefficient (Wildman–Crippen LogP) is 4.37. The van der Waals surface area contributed by atoms with E-state index in [2.05, 4.69) is 28.2 Å². The van der Waals surface area contributed by atoms with Crippen molar-refractivity contribution in [3.8, 4) is 28.5 Å². The molecule has 0 radical (unpaired) electrons. The van der Waals surface area contributed by atoms with Crippen LogP contribution in [0.15, 0.2) is 72.8 Å².